The highest BCUT2D eigenvalue weighted by Gasteiger charge is 2.32. The van der Waals surface area contributed by atoms with Crippen molar-refractivity contribution >= 4 is 12.0 Å². The molecule has 5 nitrogen and oxygen atoms in total. The van der Waals surface area contributed by atoms with E-state index in [1.165, 1.54) is 37.0 Å². The number of rotatable bonds is 3. The minimum atomic E-state index is -0.882. The Morgan fingerprint density at radius 2 is 1.74 bits per heavy atom. The summed E-state index contributed by atoms with van der Waals surface area (Å²) in [6.45, 7) is 1.26. The Hall–Kier alpha value is -1.26. The molecule has 0 bridgehead atoms. The lowest BCUT2D eigenvalue weighted by Gasteiger charge is -2.33. The summed E-state index contributed by atoms with van der Waals surface area (Å²) in [6, 6.07) is -0.835. The van der Waals surface area contributed by atoms with Crippen LogP contribution in [0.25, 0.3) is 0 Å². The number of aliphatic carboxylic acids is 1. The van der Waals surface area contributed by atoms with Gasteiger partial charge in [0.1, 0.15) is 6.04 Å². The maximum atomic E-state index is 12.1. The van der Waals surface area contributed by atoms with E-state index < -0.39 is 12.0 Å². The van der Waals surface area contributed by atoms with Crippen LogP contribution in [-0.4, -0.2) is 41.1 Å². The first kappa shape index (κ1) is 14.2. The van der Waals surface area contributed by atoms with Crippen LogP contribution in [0.15, 0.2) is 0 Å². The number of amides is 2. The van der Waals surface area contributed by atoms with Crippen LogP contribution in [0.4, 0.5) is 4.79 Å². The standard InChI is InChI=1S/C14H24N2O3/c17-13(18)12-8-4-5-9-16(12)14(19)15-10-11-6-2-1-3-7-11/h11-12H,1-10H2,(H,15,19)(H,17,18). The molecule has 5 heteroatoms. The average Bonchev–Trinajstić information content (AvgIpc) is 2.46. The lowest BCUT2D eigenvalue weighted by Crippen LogP contribution is -2.52. The number of piperidine rings is 1. The van der Waals surface area contributed by atoms with Gasteiger partial charge in [0.05, 0.1) is 0 Å². The smallest absolute Gasteiger partial charge is 0.326 e. The molecule has 1 saturated carbocycles. The van der Waals surface area contributed by atoms with Gasteiger partial charge in [-0.1, -0.05) is 19.3 Å². The second-order valence-corrected chi connectivity index (χ2v) is 5.73. The van der Waals surface area contributed by atoms with Gasteiger partial charge in [-0.3, -0.25) is 0 Å². The van der Waals surface area contributed by atoms with Gasteiger partial charge in [0.2, 0.25) is 0 Å². The average molecular weight is 268 g/mol. The van der Waals surface area contributed by atoms with Gasteiger partial charge in [0, 0.05) is 13.1 Å². The summed E-state index contributed by atoms with van der Waals surface area (Å²) in [4.78, 5) is 24.8. The molecular formula is C14H24N2O3. The van der Waals surface area contributed by atoms with E-state index >= 15 is 0 Å². The van der Waals surface area contributed by atoms with Crippen LogP contribution in [-0.2, 0) is 4.79 Å². The van der Waals surface area contributed by atoms with Crippen LogP contribution in [0, 0.1) is 5.92 Å². The van der Waals surface area contributed by atoms with Crippen molar-refractivity contribution in [2.75, 3.05) is 13.1 Å². The SMILES string of the molecule is O=C(O)C1CCCCN1C(=O)NCC1CCCCC1. The van der Waals surface area contributed by atoms with Crippen LogP contribution in [0.3, 0.4) is 0 Å². The summed E-state index contributed by atoms with van der Waals surface area (Å²) in [5.74, 6) is -0.307. The molecule has 2 rings (SSSR count). The minimum Gasteiger partial charge on any atom is -0.480 e. The van der Waals surface area contributed by atoms with Gasteiger partial charge in [-0.15, -0.1) is 0 Å². The lowest BCUT2D eigenvalue weighted by molar-refractivity contribution is -0.143. The van der Waals surface area contributed by atoms with Crippen LogP contribution >= 0.6 is 0 Å². The van der Waals surface area contributed by atoms with E-state index in [1.54, 1.807) is 0 Å². The number of nitrogens with one attached hydrogen (secondary N) is 1. The van der Waals surface area contributed by atoms with Crippen molar-refractivity contribution in [1.82, 2.24) is 10.2 Å². The fourth-order valence-corrected chi connectivity index (χ4v) is 3.16. The molecule has 1 atom stereocenters. The Morgan fingerprint density at radius 1 is 1.05 bits per heavy atom. The molecule has 0 spiro atoms. The van der Waals surface area contributed by atoms with Crippen molar-refractivity contribution in [1.29, 1.82) is 0 Å². The molecule has 1 unspecified atom stereocenters. The highest BCUT2D eigenvalue weighted by atomic mass is 16.4. The fourth-order valence-electron chi connectivity index (χ4n) is 3.16. The highest BCUT2D eigenvalue weighted by Crippen LogP contribution is 2.23. The summed E-state index contributed by atoms with van der Waals surface area (Å²) in [6.07, 6.45) is 8.54. The molecule has 0 aromatic rings. The van der Waals surface area contributed by atoms with E-state index in [4.69, 9.17) is 5.11 Å². The largest absolute Gasteiger partial charge is 0.480 e. The van der Waals surface area contributed by atoms with Gasteiger partial charge in [-0.2, -0.15) is 0 Å². The van der Waals surface area contributed by atoms with Gasteiger partial charge in [0.25, 0.3) is 0 Å². The van der Waals surface area contributed by atoms with Gasteiger partial charge >= 0.3 is 12.0 Å². The van der Waals surface area contributed by atoms with E-state index in [1.807, 2.05) is 0 Å². The fraction of sp³-hybridized carbons (Fsp3) is 0.857. The monoisotopic (exact) mass is 268 g/mol. The lowest BCUT2D eigenvalue weighted by atomic mass is 9.89. The predicted octanol–water partition coefficient (Wildman–Crippen LogP) is 2.22. The molecule has 1 aliphatic heterocycles. The number of nitrogens with zero attached hydrogens (tertiary/aromatic N) is 1. The number of carboxylic acids is 1. The van der Waals surface area contributed by atoms with Gasteiger partial charge in [0.15, 0.2) is 0 Å². The van der Waals surface area contributed by atoms with E-state index in [-0.39, 0.29) is 6.03 Å². The summed E-state index contributed by atoms with van der Waals surface area (Å²) in [5, 5.41) is 12.1. The van der Waals surface area contributed by atoms with E-state index in [0.717, 1.165) is 12.8 Å². The third-order valence-electron chi connectivity index (χ3n) is 4.32. The summed E-state index contributed by atoms with van der Waals surface area (Å²) < 4.78 is 0. The third kappa shape index (κ3) is 3.85. The first-order valence-corrected chi connectivity index (χ1v) is 7.46. The highest BCUT2D eigenvalue weighted by molar-refractivity contribution is 5.82. The zero-order valence-electron chi connectivity index (χ0n) is 11.4. The first-order valence-electron chi connectivity index (χ1n) is 7.46. The number of hydrogen-bond donors (Lipinski definition) is 2. The molecule has 2 N–H and O–H groups in total. The van der Waals surface area contributed by atoms with Crippen molar-refractivity contribution in [3.8, 4) is 0 Å². The van der Waals surface area contributed by atoms with Gasteiger partial charge < -0.3 is 15.3 Å². The summed E-state index contributed by atoms with van der Waals surface area (Å²) in [5.41, 5.74) is 0. The molecule has 2 amide bonds. The van der Waals surface area contributed by atoms with E-state index in [9.17, 15) is 9.59 Å². The Balaban J connectivity index is 1.81. The topological polar surface area (TPSA) is 69.6 Å². The number of carbonyl (C=O) groups excluding carboxylic acids is 1. The van der Waals surface area contributed by atoms with Crippen LogP contribution in [0.2, 0.25) is 0 Å². The second-order valence-electron chi connectivity index (χ2n) is 5.73. The normalized spacial score (nSPS) is 25.1. The van der Waals surface area contributed by atoms with Gasteiger partial charge in [-0.25, -0.2) is 9.59 Å². The predicted molar refractivity (Wildman–Crippen MR) is 72.0 cm³/mol. The Labute approximate surface area is 114 Å². The molecule has 0 aromatic heterocycles. The Kier molecular flexibility index (Phi) is 5.05. The third-order valence-corrected chi connectivity index (χ3v) is 4.32. The first-order chi connectivity index (χ1) is 9.18. The maximum absolute atomic E-state index is 12.1. The zero-order chi connectivity index (χ0) is 13.7. The number of carboxylic acid groups (broad SMARTS) is 1. The number of carbonyl (C=O) groups is 2. The number of urea groups is 1. The molecule has 108 valence electrons. The molecule has 1 aliphatic carbocycles. The van der Waals surface area contributed by atoms with Crippen LogP contribution in [0.1, 0.15) is 51.4 Å². The van der Waals surface area contributed by atoms with E-state index in [0.29, 0.717) is 25.4 Å². The molecule has 1 saturated heterocycles. The van der Waals surface area contributed by atoms with Crippen molar-refractivity contribution in [3.63, 3.8) is 0 Å². The molecule has 2 aliphatic rings. The maximum Gasteiger partial charge on any atom is 0.326 e. The van der Waals surface area contributed by atoms with Crippen LogP contribution in [0.5, 0.6) is 0 Å². The van der Waals surface area contributed by atoms with E-state index in [2.05, 4.69) is 5.32 Å². The number of likely N-dealkylation sites (tertiary alicyclic amines) is 1. The molecular weight excluding hydrogens is 244 g/mol. The van der Waals surface area contributed by atoms with Crippen molar-refractivity contribution < 1.29 is 14.7 Å². The summed E-state index contributed by atoms with van der Waals surface area (Å²) >= 11 is 0. The zero-order valence-corrected chi connectivity index (χ0v) is 11.4. The minimum absolute atomic E-state index is 0.197. The molecule has 1 heterocycles. The van der Waals surface area contributed by atoms with Crippen molar-refractivity contribution in [2.24, 2.45) is 5.92 Å². The second kappa shape index (κ2) is 6.78. The molecule has 19 heavy (non-hydrogen) atoms. The number of hydrogen-bond acceptors (Lipinski definition) is 2. The Bertz CT molecular complexity index is 327. The van der Waals surface area contributed by atoms with Crippen LogP contribution < -0.4 is 5.32 Å². The van der Waals surface area contributed by atoms with Gasteiger partial charge in [-0.05, 0) is 38.0 Å². The van der Waals surface area contributed by atoms with Crippen molar-refractivity contribution in [2.45, 2.75) is 57.4 Å². The Morgan fingerprint density at radius 3 is 2.42 bits per heavy atom. The summed E-state index contributed by atoms with van der Waals surface area (Å²) in [7, 11) is 0. The quantitative estimate of drug-likeness (QED) is 0.824. The molecule has 2 fully saturated rings. The molecule has 0 radical (unpaired) electrons. The molecule has 0 aromatic carbocycles. The van der Waals surface area contributed by atoms with Crippen molar-refractivity contribution in [3.05, 3.63) is 0 Å².